The summed E-state index contributed by atoms with van der Waals surface area (Å²) in [5.74, 6) is 1.18. The Kier molecular flexibility index (Phi) is 3.40. The van der Waals surface area contributed by atoms with E-state index in [2.05, 4.69) is 4.98 Å². The van der Waals surface area contributed by atoms with E-state index >= 15 is 0 Å². The molecule has 1 aromatic heterocycles. The van der Waals surface area contributed by atoms with Crippen molar-refractivity contribution < 1.29 is 4.79 Å². The van der Waals surface area contributed by atoms with Crippen LogP contribution in [0.4, 0.5) is 5.82 Å². The van der Waals surface area contributed by atoms with E-state index in [-0.39, 0.29) is 5.91 Å². The van der Waals surface area contributed by atoms with Crippen molar-refractivity contribution in [1.29, 1.82) is 0 Å². The molecule has 1 saturated heterocycles. The molecule has 2 fully saturated rings. The summed E-state index contributed by atoms with van der Waals surface area (Å²) < 4.78 is 0. The highest BCUT2D eigenvalue weighted by atomic mass is 16.2. The quantitative estimate of drug-likeness (QED) is 0.887. The van der Waals surface area contributed by atoms with E-state index in [0.29, 0.717) is 23.5 Å². The van der Waals surface area contributed by atoms with E-state index < -0.39 is 0 Å². The molecule has 1 aliphatic carbocycles. The highest BCUT2D eigenvalue weighted by molar-refractivity contribution is 5.93. The molecule has 0 radical (unpaired) electrons. The van der Waals surface area contributed by atoms with Crippen LogP contribution in [0.3, 0.4) is 0 Å². The lowest BCUT2D eigenvalue weighted by Crippen LogP contribution is -2.39. The first kappa shape index (κ1) is 12.5. The van der Waals surface area contributed by atoms with Crippen molar-refractivity contribution in [3.05, 3.63) is 23.9 Å². The van der Waals surface area contributed by atoms with Gasteiger partial charge in [-0.15, -0.1) is 0 Å². The first-order valence-corrected chi connectivity index (χ1v) is 7.29. The highest BCUT2D eigenvalue weighted by Gasteiger charge is 2.36. The third kappa shape index (κ3) is 2.44. The summed E-state index contributed by atoms with van der Waals surface area (Å²) in [5.41, 5.74) is 6.16. The van der Waals surface area contributed by atoms with E-state index in [1.165, 1.54) is 25.7 Å². The van der Waals surface area contributed by atoms with Crippen molar-refractivity contribution in [2.75, 3.05) is 12.3 Å². The number of likely N-dealkylation sites (tertiary alicyclic amines) is 1. The molecule has 1 aliphatic heterocycles. The fourth-order valence-corrected chi connectivity index (χ4v) is 3.59. The van der Waals surface area contributed by atoms with E-state index in [4.69, 9.17) is 5.73 Å². The minimum absolute atomic E-state index is 0.0571. The van der Waals surface area contributed by atoms with Gasteiger partial charge in [-0.2, -0.15) is 0 Å². The van der Waals surface area contributed by atoms with E-state index in [9.17, 15) is 4.79 Å². The molecule has 0 aromatic carbocycles. The maximum Gasteiger partial charge on any atom is 0.272 e. The van der Waals surface area contributed by atoms with Crippen molar-refractivity contribution >= 4 is 11.7 Å². The zero-order valence-electron chi connectivity index (χ0n) is 11.2. The molecule has 2 aliphatic rings. The molecule has 1 saturated carbocycles. The number of hydrogen-bond donors (Lipinski definition) is 1. The molecular weight excluding hydrogens is 238 g/mol. The van der Waals surface area contributed by atoms with Crippen LogP contribution >= 0.6 is 0 Å². The first-order chi connectivity index (χ1) is 9.25. The zero-order chi connectivity index (χ0) is 13.2. The van der Waals surface area contributed by atoms with Gasteiger partial charge in [0.25, 0.3) is 5.91 Å². The number of pyridine rings is 1. The standard InChI is InChI=1S/C15H21N3O/c16-14-9-3-7-12(17-14)15(19)18-10-4-8-13(18)11-5-1-2-6-11/h3,7,9,11,13H,1-2,4-6,8,10H2,(H2,16,17)/t13-/m0/s1. The van der Waals surface area contributed by atoms with Gasteiger partial charge in [-0.05, 0) is 43.7 Å². The number of aromatic nitrogens is 1. The number of anilines is 1. The zero-order valence-corrected chi connectivity index (χ0v) is 11.2. The van der Waals surface area contributed by atoms with Crippen LogP contribution in [0.15, 0.2) is 18.2 Å². The summed E-state index contributed by atoms with van der Waals surface area (Å²) in [7, 11) is 0. The maximum absolute atomic E-state index is 12.6. The minimum Gasteiger partial charge on any atom is -0.384 e. The number of amides is 1. The molecule has 4 nitrogen and oxygen atoms in total. The van der Waals surface area contributed by atoms with Gasteiger partial charge in [0.05, 0.1) is 0 Å². The molecule has 2 N–H and O–H groups in total. The number of nitrogens with zero attached hydrogens (tertiary/aromatic N) is 2. The van der Waals surface area contributed by atoms with Crippen molar-refractivity contribution in [3.8, 4) is 0 Å². The fraction of sp³-hybridized carbons (Fsp3) is 0.600. The molecule has 0 unspecified atom stereocenters. The van der Waals surface area contributed by atoms with Gasteiger partial charge < -0.3 is 10.6 Å². The van der Waals surface area contributed by atoms with Crippen LogP contribution in [0, 0.1) is 5.92 Å². The third-order valence-corrected chi connectivity index (χ3v) is 4.49. The maximum atomic E-state index is 12.6. The number of nitrogen functional groups attached to an aromatic ring is 1. The molecule has 1 amide bonds. The van der Waals surface area contributed by atoms with Crippen LogP contribution in [0.25, 0.3) is 0 Å². The second-order valence-corrected chi connectivity index (χ2v) is 5.70. The second-order valence-electron chi connectivity index (χ2n) is 5.70. The molecule has 1 aromatic rings. The van der Waals surface area contributed by atoms with E-state index in [1.54, 1.807) is 18.2 Å². The number of carbonyl (C=O) groups excluding carboxylic acids is 1. The van der Waals surface area contributed by atoms with Crippen LogP contribution in [-0.4, -0.2) is 28.4 Å². The molecule has 2 heterocycles. The van der Waals surface area contributed by atoms with Gasteiger partial charge in [0.15, 0.2) is 0 Å². The number of hydrogen-bond acceptors (Lipinski definition) is 3. The summed E-state index contributed by atoms with van der Waals surface area (Å²) in [5, 5.41) is 0. The monoisotopic (exact) mass is 259 g/mol. The summed E-state index contributed by atoms with van der Waals surface area (Å²) >= 11 is 0. The predicted molar refractivity (Wildman–Crippen MR) is 74.7 cm³/mol. The lowest BCUT2D eigenvalue weighted by Gasteiger charge is -2.29. The topological polar surface area (TPSA) is 59.2 Å². The summed E-state index contributed by atoms with van der Waals surface area (Å²) in [6, 6.07) is 5.71. The Labute approximate surface area is 114 Å². The van der Waals surface area contributed by atoms with Gasteiger partial charge in [0.1, 0.15) is 11.5 Å². The van der Waals surface area contributed by atoms with Crippen LogP contribution < -0.4 is 5.73 Å². The van der Waals surface area contributed by atoms with Gasteiger partial charge in [-0.1, -0.05) is 18.9 Å². The predicted octanol–water partition coefficient (Wildman–Crippen LogP) is 2.46. The Hall–Kier alpha value is -1.58. The smallest absolute Gasteiger partial charge is 0.272 e. The van der Waals surface area contributed by atoms with Crippen LogP contribution in [-0.2, 0) is 0 Å². The molecule has 4 heteroatoms. The average molecular weight is 259 g/mol. The Morgan fingerprint density at radius 3 is 2.74 bits per heavy atom. The molecule has 102 valence electrons. The molecule has 0 bridgehead atoms. The van der Waals surface area contributed by atoms with Gasteiger partial charge in [-0.25, -0.2) is 4.98 Å². The van der Waals surface area contributed by atoms with Gasteiger partial charge in [-0.3, -0.25) is 4.79 Å². The van der Waals surface area contributed by atoms with Crippen molar-refractivity contribution in [2.24, 2.45) is 5.92 Å². The Morgan fingerprint density at radius 1 is 1.21 bits per heavy atom. The minimum atomic E-state index is 0.0571. The summed E-state index contributed by atoms with van der Waals surface area (Å²) in [6.45, 7) is 0.872. The largest absolute Gasteiger partial charge is 0.384 e. The molecule has 1 atom stereocenters. The lowest BCUT2D eigenvalue weighted by molar-refractivity contribution is 0.0683. The summed E-state index contributed by atoms with van der Waals surface area (Å²) in [6.07, 6.45) is 7.46. The Morgan fingerprint density at radius 2 is 2.00 bits per heavy atom. The lowest BCUT2D eigenvalue weighted by atomic mass is 9.96. The molecular formula is C15H21N3O. The Balaban J connectivity index is 1.78. The van der Waals surface area contributed by atoms with Crippen molar-refractivity contribution in [3.63, 3.8) is 0 Å². The average Bonchev–Trinajstić information content (AvgIpc) is 3.08. The van der Waals surface area contributed by atoms with Gasteiger partial charge in [0.2, 0.25) is 0 Å². The number of nitrogens with two attached hydrogens (primary N) is 1. The molecule has 0 spiro atoms. The number of carbonyl (C=O) groups is 1. The SMILES string of the molecule is Nc1cccc(C(=O)N2CCC[C@H]2C2CCCC2)n1. The van der Waals surface area contributed by atoms with Crippen molar-refractivity contribution in [2.45, 2.75) is 44.6 Å². The highest BCUT2D eigenvalue weighted by Crippen LogP contribution is 2.35. The van der Waals surface area contributed by atoms with Gasteiger partial charge in [0, 0.05) is 12.6 Å². The van der Waals surface area contributed by atoms with Crippen molar-refractivity contribution in [1.82, 2.24) is 9.88 Å². The van der Waals surface area contributed by atoms with Crippen LogP contribution in [0.5, 0.6) is 0 Å². The van der Waals surface area contributed by atoms with E-state index in [1.807, 2.05) is 4.90 Å². The summed E-state index contributed by atoms with van der Waals surface area (Å²) in [4.78, 5) is 18.8. The fourth-order valence-electron chi connectivity index (χ4n) is 3.59. The third-order valence-electron chi connectivity index (χ3n) is 4.49. The van der Waals surface area contributed by atoms with Crippen LogP contribution in [0.1, 0.15) is 49.0 Å². The first-order valence-electron chi connectivity index (χ1n) is 7.29. The van der Waals surface area contributed by atoms with E-state index in [0.717, 1.165) is 19.4 Å². The molecule has 3 rings (SSSR count). The molecule has 19 heavy (non-hydrogen) atoms. The van der Waals surface area contributed by atoms with Gasteiger partial charge >= 0.3 is 0 Å². The number of rotatable bonds is 2. The normalized spacial score (nSPS) is 24.0. The van der Waals surface area contributed by atoms with Crippen LogP contribution in [0.2, 0.25) is 0 Å². The second kappa shape index (κ2) is 5.19. The Bertz CT molecular complexity index is 468.